The Morgan fingerprint density at radius 3 is 1.02 bits per heavy atom. The van der Waals surface area contributed by atoms with Gasteiger partial charge in [0.05, 0.1) is 48.0 Å². The van der Waals surface area contributed by atoms with Gasteiger partial charge < -0.3 is 55.5 Å². The maximum Gasteiger partial charge on any atom is 0.331 e. The number of methoxy groups -OCH3 is 1. The monoisotopic (exact) mass is 1690 g/mol. The first-order chi connectivity index (χ1) is 50.3. The molecule has 7 unspecified atom stereocenters. The Kier molecular flexibility index (Phi) is 61.3. The summed E-state index contributed by atoms with van der Waals surface area (Å²) in [6, 6.07) is 0. The van der Waals surface area contributed by atoms with Crippen molar-refractivity contribution in [3.05, 3.63) is 36.5 Å². The summed E-state index contributed by atoms with van der Waals surface area (Å²) in [5.74, 6) is -46.3. The zero-order chi connectivity index (χ0) is 91.6. The minimum atomic E-state index is -3.24. The van der Waals surface area contributed by atoms with Gasteiger partial charge in [-0.15, -0.1) is 12.5 Å². The minimum absolute atomic E-state index is 0.0821. The summed E-state index contributed by atoms with van der Waals surface area (Å²) < 4.78 is 252. The SMILES string of the molecule is C/C=C/C(CC(C)(F)F)C(=O)O.C=CCC(CC(C)(F)F)C(=O)O.CC#CC(CC(C)(F)F)C(=O)O.CC(=O)CC(CC(C)(F)F)C(=O)O.CC(F)(F)CC(CC(C)(F)F)C(=O)O.CC(F)(F)CC(CC1CCC1)C(=O)O.CCC/C(=C\C(C)(F)F)C(=O)O.CCCC(CC(C)(F)F)C(=O)O.COCC(CC(C)(F)F)C(=O)O. The van der Waals surface area contributed by atoms with Crippen LogP contribution < -0.4 is 0 Å². The first-order valence-corrected chi connectivity index (χ1v) is 34.5. The molecule has 0 bridgehead atoms. The highest BCUT2D eigenvalue weighted by atomic mass is 19.3. The molecule has 20 nitrogen and oxygen atoms in total. The number of hydrogen-bond acceptors (Lipinski definition) is 11. The first kappa shape index (κ1) is 121. The van der Waals surface area contributed by atoms with E-state index in [-0.39, 0.29) is 31.4 Å². The lowest BCUT2D eigenvalue weighted by Crippen LogP contribution is -2.28. The summed E-state index contributed by atoms with van der Waals surface area (Å²) in [6.45, 7) is 17.5. The molecule has 1 saturated carbocycles. The summed E-state index contributed by atoms with van der Waals surface area (Å²) in [6.07, 6.45) is 2.80. The van der Waals surface area contributed by atoms with E-state index in [9.17, 15) is 136 Å². The van der Waals surface area contributed by atoms with E-state index in [0.717, 1.165) is 33.1 Å². The minimum Gasteiger partial charge on any atom is -0.481 e. The number of hydrogen-bond donors (Lipinski definition) is 9. The van der Waals surface area contributed by atoms with Gasteiger partial charge >= 0.3 is 53.7 Å². The summed E-state index contributed by atoms with van der Waals surface area (Å²) >= 11 is 0. The second-order valence-electron chi connectivity index (χ2n) is 27.8. The molecule has 0 aromatic carbocycles. The van der Waals surface area contributed by atoms with Gasteiger partial charge in [-0.3, -0.25) is 38.4 Å². The van der Waals surface area contributed by atoms with Crippen LogP contribution in [0.3, 0.4) is 0 Å². The van der Waals surface area contributed by atoms with Crippen LogP contribution in [0.4, 0.5) is 87.8 Å². The van der Waals surface area contributed by atoms with Crippen molar-refractivity contribution >= 4 is 59.5 Å². The van der Waals surface area contributed by atoms with E-state index in [1.54, 1.807) is 20.8 Å². The third kappa shape index (κ3) is 89.7. The fraction of sp³-hybridized carbons (Fsp3) is 0.753. The molecule has 0 aromatic rings. The third-order valence-electron chi connectivity index (χ3n) is 13.9. The van der Waals surface area contributed by atoms with Crippen LogP contribution in [0.5, 0.6) is 0 Å². The average Bonchev–Trinajstić information content (AvgIpc) is 0.873. The van der Waals surface area contributed by atoms with Crippen LogP contribution in [-0.2, 0) is 52.7 Å². The summed E-state index contributed by atoms with van der Waals surface area (Å²) in [5, 5.41) is 76.6. The molecule has 0 aromatic heterocycles. The Morgan fingerprint density at radius 1 is 0.451 bits per heavy atom. The topological polar surface area (TPSA) is 362 Å². The van der Waals surface area contributed by atoms with Crippen molar-refractivity contribution in [3.8, 4) is 11.8 Å². The molecule has 1 aliphatic carbocycles. The number of ketones is 1. The molecule has 0 heterocycles. The molecule has 0 spiro atoms. The molecule has 0 saturated heterocycles. The Bertz CT molecular complexity index is 2860. The van der Waals surface area contributed by atoms with Crippen molar-refractivity contribution in [2.75, 3.05) is 13.7 Å². The van der Waals surface area contributed by atoms with E-state index in [4.69, 9.17) is 46.0 Å². The molecule has 0 amide bonds. The molecule has 0 radical (unpaired) electrons. The smallest absolute Gasteiger partial charge is 0.331 e. The van der Waals surface area contributed by atoms with E-state index in [2.05, 4.69) is 23.2 Å². The van der Waals surface area contributed by atoms with Crippen LogP contribution in [0.25, 0.3) is 0 Å². The average molecular weight is 1690 g/mol. The fourth-order valence-electron chi connectivity index (χ4n) is 9.23. The van der Waals surface area contributed by atoms with E-state index >= 15 is 0 Å². The van der Waals surface area contributed by atoms with E-state index in [0.29, 0.717) is 93.1 Å². The molecule has 1 fully saturated rings. The largest absolute Gasteiger partial charge is 0.481 e. The normalized spacial score (nSPS) is 14.6. The van der Waals surface area contributed by atoms with Gasteiger partial charge in [0.15, 0.2) is 0 Å². The number of Topliss-reactive ketones (excluding diaryl/α,β-unsaturated/α-hetero) is 1. The molecule has 1 rings (SSSR count). The number of rotatable bonds is 41. The van der Waals surface area contributed by atoms with Gasteiger partial charge in [0.2, 0.25) is 53.3 Å². The van der Waals surface area contributed by atoms with Crippen LogP contribution in [0, 0.1) is 65.1 Å². The summed E-state index contributed by atoms with van der Waals surface area (Å²) in [4.78, 5) is 104. The standard InChI is InChI=1S/C10H16F2O2.C8H12F4O2.C8H12F2O3.C8H14F2O2.3C8H12F2O2.C8H10F2O2.C7H12F2O3/c1-10(11,12)6-8(9(13)14)5-7-3-2-4-7;1-7(9,10)3-5(6(13)14)4-8(2,11)12;1-5(11)3-6(7(12)13)4-8(2,9)10;5*1-3-4-6(7(11)12)5-8(2,9)10;1-7(8,9)3-5(4-12-2)6(10)11/h7-8H,2-6H2,1H3,(H,13,14);5H,3-4H2,1-2H3,(H,13,14);6H,3-4H2,1-2H3,(H,12,13);6H,3-5H2,1-2H3,(H,11,12);5H,3-4H2,1-2H3,(H,11,12);3-4,6H,5H2,1-2H3,(H,11,12);3,6H,1,4-5H2,2H3,(H,11,12);6H,5H2,1-2H3,(H,11,12);5H,3-4H2,1-2H3,(H,10,11)/b;;;;6-5+;4-3+;;;. The van der Waals surface area contributed by atoms with E-state index in [1.165, 1.54) is 39.2 Å². The summed E-state index contributed by atoms with van der Waals surface area (Å²) in [7, 11) is 1.28. The highest BCUT2D eigenvalue weighted by Crippen LogP contribution is 2.37. The van der Waals surface area contributed by atoms with Crippen molar-refractivity contribution in [2.45, 2.75) is 285 Å². The van der Waals surface area contributed by atoms with Crippen LogP contribution in [-0.4, -0.2) is 178 Å². The molecule has 7 atom stereocenters. The van der Waals surface area contributed by atoms with Gasteiger partial charge in [-0.2, -0.15) is 0 Å². The van der Waals surface area contributed by atoms with Crippen molar-refractivity contribution < 1.29 is 186 Å². The number of ether oxygens (including phenoxy) is 1. The highest BCUT2D eigenvalue weighted by molar-refractivity contribution is 5.86. The number of carbonyl (C=O) groups is 10. The molecular formula is C73H112F20O20. The Morgan fingerprint density at radius 2 is 0.779 bits per heavy atom. The van der Waals surface area contributed by atoms with Crippen molar-refractivity contribution in [2.24, 2.45) is 53.3 Å². The summed E-state index contributed by atoms with van der Waals surface area (Å²) in [5.41, 5.74) is -0.218. The number of halogens is 20. The Hall–Kier alpha value is -7.76. The van der Waals surface area contributed by atoms with E-state index in [1.807, 2.05) is 0 Å². The molecule has 9 N–H and O–H groups in total. The zero-order valence-electron chi connectivity index (χ0n) is 65.9. The lowest BCUT2D eigenvalue weighted by molar-refractivity contribution is -0.149. The van der Waals surface area contributed by atoms with Crippen molar-refractivity contribution in [3.63, 3.8) is 0 Å². The molecule has 1 aliphatic rings. The molecule has 664 valence electrons. The quantitative estimate of drug-likeness (QED) is 0.0119. The maximum absolute atomic E-state index is 12.6. The van der Waals surface area contributed by atoms with Gasteiger partial charge in [0.25, 0.3) is 5.92 Å². The van der Waals surface area contributed by atoms with E-state index < -0.39 is 224 Å². The molecular weight excluding hydrogens is 1580 g/mol. The number of carboxylic acid groups (broad SMARTS) is 9. The molecule has 113 heavy (non-hydrogen) atoms. The van der Waals surface area contributed by atoms with Gasteiger partial charge in [0, 0.05) is 83.8 Å². The molecule has 0 aliphatic heterocycles. The predicted octanol–water partition coefficient (Wildman–Crippen LogP) is 20.1. The number of allylic oxidation sites excluding steroid dienone is 3. The fourth-order valence-corrected chi connectivity index (χ4v) is 9.23. The Labute approximate surface area is 644 Å². The Balaban J connectivity index is -0.000000183. The predicted molar refractivity (Wildman–Crippen MR) is 375 cm³/mol. The number of alkyl halides is 20. The number of carboxylic acids is 9. The van der Waals surface area contributed by atoms with Gasteiger partial charge in [-0.25, -0.2) is 92.6 Å². The van der Waals surface area contributed by atoms with Crippen molar-refractivity contribution in [1.29, 1.82) is 0 Å². The maximum atomic E-state index is 12.6. The van der Waals surface area contributed by atoms with Gasteiger partial charge in [-0.05, 0) is 121 Å². The first-order valence-electron chi connectivity index (χ1n) is 34.5. The van der Waals surface area contributed by atoms with Crippen LogP contribution in [0.2, 0.25) is 0 Å². The molecule has 40 heteroatoms. The van der Waals surface area contributed by atoms with Crippen LogP contribution >= 0.6 is 0 Å². The third-order valence-corrected chi connectivity index (χ3v) is 13.9. The lowest BCUT2D eigenvalue weighted by Gasteiger charge is -2.28. The van der Waals surface area contributed by atoms with Gasteiger partial charge in [0.1, 0.15) is 11.7 Å². The second kappa shape index (κ2) is 57.3. The zero-order valence-corrected chi connectivity index (χ0v) is 65.9. The van der Waals surface area contributed by atoms with Gasteiger partial charge in [-0.1, -0.05) is 70.1 Å². The number of aliphatic carboxylic acids is 9. The number of carbonyl (C=O) groups excluding carboxylic acids is 1. The second-order valence-corrected chi connectivity index (χ2v) is 27.8. The lowest BCUT2D eigenvalue weighted by atomic mass is 9.78. The van der Waals surface area contributed by atoms with Crippen LogP contribution in [0.1, 0.15) is 226 Å². The van der Waals surface area contributed by atoms with Crippen molar-refractivity contribution in [1.82, 2.24) is 0 Å². The highest BCUT2D eigenvalue weighted by Gasteiger charge is 2.39. The van der Waals surface area contributed by atoms with Crippen LogP contribution in [0.15, 0.2) is 36.5 Å².